The number of benzene rings is 1. The summed E-state index contributed by atoms with van der Waals surface area (Å²) < 4.78 is 1.85. The first-order valence-corrected chi connectivity index (χ1v) is 6.93. The summed E-state index contributed by atoms with van der Waals surface area (Å²) in [7, 11) is 0. The smallest absolute Gasteiger partial charge is 0.247 e. The summed E-state index contributed by atoms with van der Waals surface area (Å²) in [5, 5.41) is 2.74. The second-order valence-corrected chi connectivity index (χ2v) is 4.73. The summed E-state index contributed by atoms with van der Waals surface area (Å²) in [5.74, 6) is 0.451. The third kappa shape index (κ3) is 2.58. The third-order valence-electron chi connectivity index (χ3n) is 3.28. The summed E-state index contributed by atoms with van der Waals surface area (Å²) in [6.07, 6.45) is 7.19. The van der Waals surface area contributed by atoms with Crippen molar-refractivity contribution < 1.29 is 4.79 Å². The number of fused-ring (bicyclic) bond motifs is 1. The van der Waals surface area contributed by atoms with E-state index in [4.69, 9.17) is 0 Å². The van der Waals surface area contributed by atoms with Gasteiger partial charge in [-0.25, -0.2) is 9.97 Å². The molecule has 0 radical (unpaired) electrons. The van der Waals surface area contributed by atoms with Crippen molar-refractivity contribution in [1.82, 2.24) is 19.5 Å². The van der Waals surface area contributed by atoms with Gasteiger partial charge in [0, 0.05) is 11.9 Å². The lowest BCUT2D eigenvalue weighted by molar-refractivity contribution is -0.111. The lowest BCUT2D eigenvalue weighted by Crippen LogP contribution is -2.07. The van der Waals surface area contributed by atoms with E-state index in [0.717, 1.165) is 23.1 Å². The Hall–Kier alpha value is -3.02. The maximum atomic E-state index is 11.4. The number of anilines is 1. The highest BCUT2D eigenvalue weighted by molar-refractivity contribution is 6.00. The van der Waals surface area contributed by atoms with Crippen molar-refractivity contribution >= 4 is 22.6 Å². The minimum atomic E-state index is -0.252. The van der Waals surface area contributed by atoms with Crippen LogP contribution in [-0.2, 0) is 11.2 Å². The molecule has 0 aliphatic carbocycles. The minimum absolute atomic E-state index is 0.252. The number of nitrogens with zero attached hydrogens (tertiary/aromatic N) is 4. The van der Waals surface area contributed by atoms with E-state index in [1.807, 2.05) is 23.6 Å². The van der Waals surface area contributed by atoms with E-state index in [0.29, 0.717) is 11.5 Å². The molecule has 0 saturated heterocycles. The molecule has 2 aromatic heterocycles. The Labute approximate surface area is 127 Å². The Kier molecular flexibility index (Phi) is 3.65. The van der Waals surface area contributed by atoms with Gasteiger partial charge in [-0.2, -0.15) is 0 Å². The van der Waals surface area contributed by atoms with E-state index in [2.05, 4.69) is 26.8 Å². The second-order valence-electron chi connectivity index (χ2n) is 4.73. The van der Waals surface area contributed by atoms with Crippen LogP contribution in [0, 0.1) is 0 Å². The summed E-state index contributed by atoms with van der Waals surface area (Å²) in [5.41, 5.74) is 3.26. The van der Waals surface area contributed by atoms with Crippen LogP contribution in [0.1, 0.15) is 12.6 Å². The molecule has 22 heavy (non-hydrogen) atoms. The first-order chi connectivity index (χ1) is 10.7. The van der Waals surface area contributed by atoms with Gasteiger partial charge in [0.25, 0.3) is 0 Å². The first kappa shape index (κ1) is 13.9. The zero-order valence-electron chi connectivity index (χ0n) is 12.2. The number of nitrogens with one attached hydrogen (secondary N) is 1. The van der Waals surface area contributed by atoms with Gasteiger partial charge in [-0.3, -0.25) is 14.3 Å². The van der Waals surface area contributed by atoms with Crippen LogP contribution in [0.15, 0.2) is 49.6 Å². The van der Waals surface area contributed by atoms with Crippen LogP contribution in [0.4, 0.5) is 5.69 Å². The van der Waals surface area contributed by atoms with Gasteiger partial charge in [0.05, 0.1) is 22.9 Å². The number of imidazole rings is 1. The lowest BCUT2D eigenvalue weighted by atomic mass is 10.2. The Bertz CT molecular complexity index is 853. The third-order valence-corrected chi connectivity index (χ3v) is 3.28. The zero-order valence-corrected chi connectivity index (χ0v) is 12.2. The van der Waals surface area contributed by atoms with E-state index >= 15 is 0 Å². The van der Waals surface area contributed by atoms with Gasteiger partial charge in [0.2, 0.25) is 5.91 Å². The van der Waals surface area contributed by atoms with Gasteiger partial charge in [0.1, 0.15) is 6.33 Å². The standard InChI is InChI=1S/C16H15N5O/c1-3-11-8-17-9-15(19-11)21-10-18-13-6-5-12(7-14(13)21)20-16(22)4-2/h4-10H,2-3H2,1H3,(H,20,22). The van der Waals surface area contributed by atoms with Gasteiger partial charge in [-0.1, -0.05) is 13.5 Å². The molecule has 110 valence electrons. The molecular formula is C16H15N5O. The Morgan fingerprint density at radius 1 is 1.41 bits per heavy atom. The van der Waals surface area contributed by atoms with Crippen molar-refractivity contribution in [3.05, 3.63) is 55.3 Å². The van der Waals surface area contributed by atoms with Crippen molar-refractivity contribution in [3.8, 4) is 5.82 Å². The van der Waals surface area contributed by atoms with E-state index < -0.39 is 0 Å². The fourth-order valence-corrected chi connectivity index (χ4v) is 2.14. The predicted octanol–water partition coefficient (Wildman–Crippen LogP) is 2.50. The largest absolute Gasteiger partial charge is 0.322 e. The van der Waals surface area contributed by atoms with Crippen LogP contribution in [0.2, 0.25) is 0 Å². The highest BCUT2D eigenvalue weighted by Gasteiger charge is 2.08. The molecule has 0 aliphatic rings. The zero-order chi connectivity index (χ0) is 15.5. The number of aryl methyl sites for hydroxylation is 1. The predicted molar refractivity (Wildman–Crippen MR) is 84.9 cm³/mol. The summed E-state index contributed by atoms with van der Waals surface area (Å²) in [6.45, 7) is 5.48. The van der Waals surface area contributed by atoms with E-state index in [9.17, 15) is 4.79 Å². The number of hydrogen-bond acceptors (Lipinski definition) is 4. The molecule has 0 saturated carbocycles. The molecule has 6 nitrogen and oxygen atoms in total. The molecule has 0 aliphatic heterocycles. The number of carbonyl (C=O) groups is 1. The Morgan fingerprint density at radius 3 is 3.05 bits per heavy atom. The van der Waals surface area contributed by atoms with Crippen LogP contribution in [-0.4, -0.2) is 25.4 Å². The maximum Gasteiger partial charge on any atom is 0.247 e. The van der Waals surface area contributed by atoms with Crippen molar-refractivity contribution in [2.45, 2.75) is 13.3 Å². The molecule has 0 fully saturated rings. The monoisotopic (exact) mass is 293 g/mol. The molecule has 0 unspecified atom stereocenters. The summed E-state index contributed by atoms with van der Waals surface area (Å²) >= 11 is 0. The molecule has 0 bridgehead atoms. The van der Waals surface area contributed by atoms with Crippen LogP contribution in [0.3, 0.4) is 0 Å². The molecule has 0 spiro atoms. The maximum absolute atomic E-state index is 11.4. The normalized spacial score (nSPS) is 10.6. The average Bonchev–Trinajstić information content (AvgIpc) is 2.98. The van der Waals surface area contributed by atoms with Gasteiger partial charge in [0.15, 0.2) is 5.82 Å². The van der Waals surface area contributed by atoms with Gasteiger partial charge in [-0.05, 0) is 30.7 Å². The van der Waals surface area contributed by atoms with Crippen molar-refractivity contribution in [3.63, 3.8) is 0 Å². The van der Waals surface area contributed by atoms with Gasteiger partial charge >= 0.3 is 0 Å². The fraction of sp³-hybridized carbons (Fsp3) is 0.125. The van der Waals surface area contributed by atoms with Crippen LogP contribution in [0.5, 0.6) is 0 Å². The topological polar surface area (TPSA) is 72.7 Å². The van der Waals surface area contributed by atoms with Crippen molar-refractivity contribution in [1.29, 1.82) is 0 Å². The highest BCUT2D eigenvalue weighted by atomic mass is 16.1. The van der Waals surface area contributed by atoms with E-state index in [-0.39, 0.29) is 5.91 Å². The first-order valence-electron chi connectivity index (χ1n) is 6.93. The molecule has 3 rings (SSSR count). The number of carbonyl (C=O) groups excluding carboxylic acids is 1. The molecule has 1 amide bonds. The van der Waals surface area contributed by atoms with Crippen LogP contribution in [0.25, 0.3) is 16.9 Å². The van der Waals surface area contributed by atoms with E-state index in [1.165, 1.54) is 6.08 Å². The summed E-state index contributed by atoms with van der Waals surface area (Å²) in [6, 6.07) is 5.50. The minimum Gasteiger partial charge on any atom is -0.322 e. The Balaban J connectivity index is 2.07. The molecule has 3 aromatic rings. The molecule has 1 N–H and O–H groups in total. The number of rotatable bonds is 4. The average molecular weight is 293 g/mol. The second kappa shape index (κ2) is 5.77. The van der Waals surface area contributed by atoms with E-state index in [1.54, 1.807) is 24.8 Å². The van der Waals surface area contributed by atoms with Gasteiger partial charge in [-0.15, -0.1) is 0 Å². The van der Waals surface area contributed by atoms with Crippen LogP contribution < -0.4 is 5.32 Å². The SMILES string of the molecule is C=CC(=O)Nc1ccc2ncn(-c3cncc(CC)n3)c2c1. The molecule has 6 heteroatoms. The van der Waals surface area contributed by atoms with Crippen molar-refractivity contribution in [2.75, 3.05) is 5.32 Å². The molecule has 2 heterocycles. The quantitative estimate of drug-likeness (QED) is 0.750. The summed E-state index contributed by atoms with van der Waals surface area (Å²) in [4.78, 5) is 24.5. The Morgan fingerprint density at radius 2 is 2.27 bits per heavy atom. The number of amides is 1. The number of aromatic nitrogens is 4. The van der Waals surface area contributed by atoms with Crippen molar-refractivity contribution in [2.24, 2.45) is 0 Å². The molecular weight excluding hydrogens is 278 g/mol. The fourth-order valence-electron chi connectivity index (χ4n) is 2.14. The highest BCUT2D eigenvalue weighted by Crippen LogP contribution is 2.21. The van der Waals surface area contributed by atoms with Gasteiger partial charge < -0.3 is 5.32 Å². The lowest BCUT2D eigenvalue weighted by Gasteiger charge is -2.06. The van der Waals surface area contributed by atoms with Crippen LogP contribution >= 0.6 is 0 Å². The molecule has 0 atom stereocenters. The molecule has 1 aromatic carbocycles. The number of hydrogen-bond donors (Lipinski definition) is 1.